The van der Waals surface area contributed by atoms with Gasteiger partial charge in [-0.15, -0.1) is 0 Å². The summed E-state index contributed by atoms with van der Waals surface area (Å²) >= 11 is 0. The molecule has 1 N–H and O–H groups in total. The van der Waals surface area contributed by atoms with E-state index in [4.69, 9.17) is 4.98 Å². The molecule has 0 spiro atoms. The van der Waals surface area contributed by atoms with Gasteiger partial charge in [0.1, 0.15) is 5.82 Å². The van der Waals surface area contributed by atoms with Crippen LogP contribution in [0.15, 0.2) is 66.9 Å². The maximum atomic E-state index is 4.74. The Morgan fingerprint density at radius 3 is 2.72 bits per heavy atom. The molecule has 1 aliphatic rings. The summed E-state index contributed by atoms with van der Waals surface area (Å²) in [5.74, 6) is 1.64. The van der Waals surface area contributed by atoms with Crippen LogP contribution in [0.5, 0.6) is 0 Å². The van der Waals surface area contributed by atoms with Crippen LogP contribution >= 0.6 is 0 Å². The molecule has 126 valence electrons. The van der Waals surface area contributed by atoms with E-state index >= 15 is 0 Å². The lowest BCUT2D eigenvalue weighted by Gasteiger charge is -2.24. The summed E-state index contributed by atoms with van der Waals surface area (Å²) in [6, 6.07) is 21.4. The molecule has 0 saturated heterocycles. The smallest absolute Gasteiger partial charge is 0.224 e. The number of nitrogens with one attached hydrogen (secondary N) is 1. The summed E-state index contributed by atoms with van der Waals surface area (Å²) in [4.78, 5) is 11.4. The van der Waals surface area contributed by atoms with Crippen LogP contribution < -0.4 is 10.2 Å². The molecule has 0 bridgehead atoms. The minimum Gasteiger partial charge on any atom is -0.354 e. The van der Waals surface area contributed by atoms with Crippen molar-refractivity contribution in [1.82, 2.24) is 9.97 Å². The average molecular weight is 330 g/mol. The molecule has 0 radical (unpaired) electrons. The minimum absolute atomic E-state index is 0.407. The number of benzene rings is 2. The van der Waals surface area contributed by atoms with Crippen LogP contribution in [-0.2, 0) is 12.8 Å². The molecule has 25 heavy (non-hydrogen) atoms. The van der Waals surface area contributed by atoms with E-state index in [0.717, 1.165) is 25.2 Å². The van der Waals surface area contributed by atoms with Gasteiger partial charge >= 0.3 is 0 Å². The number of nitrogens with zero attached hydrogens (tertiary/aromatic N) is 3. The monoisotopic (exact) mass is 330 g/mol. The Kier molecular flexibility index (Phi) is 4.34. The Bertz CT molecular complexity index is 847. The van der Waals surface area contributed by atoms with E-state index in [0.29, 0.717) is 12.0 Å². The Morgan fingerprint density at radius 2 is 1.84 bits per heavy atom. The van der Waals surface area contributed by atoms with E-state index in [1.54, 1.807) is 0 Å². The molecule has 3 aromatic rings. The number of rotatable bonds is 5. The van der Waals surface area contributed by atoms with Crippen LogP contribution in [0.1, 0.15) is 18.1 Å². The molecule has 4 rings (SSSR count). The molecule has 0 amide bonds. The van der Waals surface area contributed by atoms with Gasteiger partial charge in [-0.3, -0.25) is 0 Å². The summed E-state index contributed by atoms with van der Waals surface area (Å²) in [5, 5.41) is 3.35. The van der Waals surface area contributed by atoms with E-state index in [1.165, 1.54) is 16.8 Å². The third kappa shape index (κ3) is 3.33. The highest BCUT2D eigenvalue weighted by Gasteiger charge is 2.27. The maximum absolute atomic E-state index is 4.74. The van der Waals surface area contributed by atoms with Gasteiger partial charge in [-0.05, 0) is 43.0 Å². The lowest BCUT2D eigenvalue weighted by molar-refractivity contribution is 0.749. The average Bonchev–Trinajstić information content (AvgIpc) is 2.98. The summed E-state index contributed by atoms with van der Waals surface area (Å²) in [6.45, 7) is 3.06. The van der Waals surface area contributed by atoms with Gasteiger partial charge in [0.05, 0.1) is 0 Å². The van der Waals surface area contributed by atoms with E-state index in [2.05, 4.69) is 70.7 Å². The molecule has 0 aliphatic carbocycles. The molecule has 4 nitrogen and oxygen atoms in total. The van der Waals surface area contributed by atoms with Crippen LogP contribution in [-0.4, -0.2) is 22.6 Å². The summed E-state index contributed by atoms with van der Waals surface area (Å²) in [5.41, 5.74) is 3.95. The van der Waals surface area contributed by atoms with Crippen LogP contribution in [0, 0.1) is 0 Å². The Balaban J connectivity index is 1.48. The molecule has 1 aromatic heterocycles. The Morgan fingerprint density at radius 1 is 1.04 bits per heavy atom. The van der Waals surface area contributed by atoms with Crippen LogP contribution in [0.3, 0.4) is 0 Å². The van der Waals surface area contributed by atoms with Crippen molar-refractivity contribution < 1.29 is 0 Å². The van der Waals surface area contributed by atoms with Gasteiger partial charge in [-0.1, -0.05) is 48.5 Å². The first-order chi connectivity index (χ1) is 12.3. The minimum atomic E-state index is 0.407. The third-order valence-electron chi connectivity index (χ3n) is 4.63. The van der Waals surface area contributed by atoms with Gasteiger partial charge in [-0.25, -0.2) is 4.98 Å². The van der Waals surface area contributed by atoms with Gasteiger partial charge in [0.25, 0.3) is 0 Å². The maximum Gasteiger partial charge on any atom is 0.224 e. The highest BCUT2D eigenvalue weighted by atomic mass is 15.3. The molecule has 0 saturated carbocycles. The van der Waals surface area contributed by atoms with E-state index in [-0.39, 0.29) is 0 Å². The quantitative estimate of drug-likeness (QED) is 0.761. The third-order valence-corrected chi connectivity index (χ3v) is 4.63. The van der Waals surface area contributed by atoms with Crippen molar-refractivity contribution in [2.75, 3.05) is 16.8 Å². The summed E-state index contributed by atoms with van der Waals surface area (Å²) in [6.07, 6.45) is 3.84. The highest BCUT2D eigenvalue weighted by Crippen LogP contribution is 2.37. The van der Waals surface area contributed by atoms with E-state index < -0.39 is 0 Å². The fraction of sp³-hybridized carbons (Fsp3) is 0.238. The van der Waals surface area contributed by atoms with Crippen molar-refractivity contribution in [3.8, 4) is 0 Å². The molecular formula is C21H22N4. The van der Waals surface area contributed by atoms with Crippen molar-refractivity contribution in [2.45, 2.75) is 25.8 Å². The molecule has 2 aromatic carbocycles. The van der Waals surface area contributed by atoms with Gasteiger partial charge in [0, 0.05) is 24.5 Å². The van der Waals surface area contributed by atoms with Crippen molar-refractivity contribution in [3.05, 3.63) is 78.0 Å². The predicted octanol–water partition coefficient (Wildman–Crippen LogP) is 4.21. The number of fused-ring (bicyclic) bond motifs is 1. The lowest BCUT2D eigenvalue weighted by Crippen LogP contribution is -2.25. The number of anilines is 3. The fourth-order valence-corrected chi connectivity index (χ4v) is 3.45. The second-order valence-electron chi connectivity index (χ2n) is 6.45. The zero-order valence-electron chi connectivity index (χ0n) is 14.4. The normalized spacial score (nSPS) is 15.9. The first-order valence-corrected chi connectivity index (χ1v) is 8.79. The molecular weight excluding hydrogens is 308 g/mol. The molecule has 1 atom stereocenters. The van der Waals surface area contributed by atoms with Gasteiger partial charge in [0.15, 0.2) is 0 Å². The van der Waals surface area contributed by atoms with Crippen molar-refractivity contribution >= 4 is 17.5 Å². The Labute approximate surface area is 148 Å². The summed E-state index contributed by atoms with van der Waals surface area (Å²) < 4.78 is 0. The van der Waals surface area contributed by atoms with Crippen molar-refractivity contribution in [1.29, 1.82) is 0 Å². The second kappa shape index (κ2) is 6.93. The van der Waals surface area contributed by atoms with Crippen LogP contribution in [0.25, 0.3) is 0 Å². The molecule has 4 heteroatoms. The topological polar surface area (TPSA) is 41.1 Å². The zero-order valence-corrected chi connectivity index (χ0v) is 14.4. The largest absolute Gasteiger partial charge is 0.354 e. The Hall–Kier alpha value is -2.88. The van der Waals surface area contributed by atoms with E-state index in [9.17, 15) is 0 Å². The zero-order chi connectivity index (χ0) is 17.1. The fourth-order valence-electron chi connectivity index (χ4n) is 3.45. The first kappa shape index (κ1) is 15.6. The van der Waals surface area contributed by atoms with E-state index in [1.807, 2.05) is 18.3 Å². The number of hydrogen-bond donors (Lipinski definition) is 1. The van der Waals surface area contributed by atoms with Gasteiger partial charge in [-0.2, -0.15) is 4.98 Å². The van der Waals surface area contributed by atoms with Crippen LogP contribution in [0.4, 0.5) is 17.5 Å². The number of para-hydroxylation sites is 1. The molecule has 1 aliphatic heterocycles. The van der Waals surface area contributed by atoms with Crippen molar-refractivity contribution in [3.63, 3.8) is 0 Å². The molecule has 0 fully saturated rings. The highest BCUT2D eigenvalue weighted by molar-refractivity contribution is 5.69. The number of aromatic nitrogens is 2. The SMILES string of the molecule is CC1Cc2ccccc2N1c1ccnc(NCCc2ccccc2)n1. The standard InChI is InChI=1S/C21H22N4/c1-16-15-18-9-5-6-10-19(18)25(16)20-12-14-23-21(24-20)22-13-11-17-7-3-2-4-8-17/h2-10,12,14,16H,11,13,15H2,1H3,(H,22,23,24). The first-order valence-electron chi connectivity index (χ1n) is 8.79. The summed E-state index contributed by atoms with van der Waals surface area (Å²) in [7, 11) is 0. The predicted molar refractivity (Wildman–Crippen MR) is 102 cm³/mol. The molecule has 1 unspecified atom stereocenters. The molecule has 2 heterocycles. The van der Waals surface area contributed by atoms with Crippen molar-refractivity contribution in [2.24, 2.45) is 0 Å². The van der Waals surface area contributed by atoms with Gasteiger partial charge < -0.3 is 10.2 Å². The van der Waals surface area contributed by atoms with Crippen LogP contribution in [0.2, 0.25) is 0 Å². The second-order valence-corrected chi connectivity index (χ2v) is 6.45. The number of hydrogen-bond acceptors (Lipinski definition) is 4. The van der Waals surface area contributed by atoms with Gasteiger partial charge in [0.2, 0.25) is 5.95 Å². The lowest BCUT2D eigenvalue weighted by atomic mass is 10.1.